The number of halogens is 2. The molecule has 1 fully saturated rings. The minimum absolute atomic E-state index is 0.0513. The first-order valence-electron chi connectivity index (χ1n) is 6.72. The van der Waals surface area contributed by atoms with Gasteiger partial charge in [0, 0.05) is 14.6 Å². The second-order valence-corrected chi connectivity index (χ2v) is 6.78. The zero-order chi connectivity index (χ0) is 14.4. The average Bonchev–Trinajstić information content (AvgIpc) is 2.47. The van der Waals surface area contributed by atoms with Crippen LogP contribution in [0.15, 0.2) is 22.7 Å². The zero-order valence-electron chi connectivity index (χ0n) is 11.1. The van der Waals surface area contributed by atoms with Crippen molar-refractivity contribution in [3.63, 3.8) is 0 Å². The Labute approximate surface area is 141 Å². The van der Waals surface area contributed by atoms with Crippen LogP contribution in [-0.4, -0.2) is 38.3 Å². The molecule has 0 spiro atoms. The first-order valence-corrected chi connectivity index (χ1v) is 8.59. The minimum atomic E-state index is -0.0513. The molecule has 1 saturated heterocycles. The summed E-state index contributed by atoms with van der Waals surface area (Å²) in [7, 11) is 0. The summed E-state index contributed by atoms with van der Waals surface area (Å²) in [5, 5.41) is 6.20. The predicted octanol–water partition coefficient (Wildman–Crippen LogP) is 2.55. The van der Waals surface area contributed by atoms with Crippen molar-refractivity contribution < 1.29 is 9.53 Å². The van der Waals surface area contributed by atoms with Crippen LogP contribution in [-0.2, 0) is 4.74 Å². The predicted molar refractivity (Wildman–Crippen MR) is 91.0 cm³/mol. The van der Waals surface area contributed by atoms with Gasteiger partial charge in [-0.05, 0) is 66.7 Å². The Balaban J connectivity index is 1.73. The molecular formula is C14H18BrIN2O2. The van der Waals surface area contributed by atoms with Crippen molar-refractivity contribution >= 4 is 44.4 Å². The van der Waals surface area contributed by atoms with Gasteiger partial charge in [0.1, 0.15) is 0 Å². The fourth-order valence-corrected chi connectivity index (χ4v) is 3.06. The Morgan fingerprint density at radius 1 is 1.45 bits per heavy atom. The molecule has 1 aliphatic heterocycles. The van der Waals surface area contributed by atoms with Gasteiger partial charge in [-0.1, -0.05) is 15.9 Å². The zero-order valence-corrected chi connectivity index (χ0v) is 14.9. The lowest BCUT2D eigenvalue weighted by Gasteiger charge is -2.22. The number of ether oxygens (including phenoxy) is 1. The van der Waals surface area contributed by atoms with Crippen LogP contribution >= 0.6 is 38.5 Å². The number of amides is 1. The third kappa shape index (κ3) is 4.98. The monoisotopic (exact) mass is 452 g/mol. The van der Waals surface area contributed by atoms with Gasteiger partial charge >= 0.3 is 0 Å². The molecule has 110 valence electrons. The largest absolute Gasteiger partial charge is 0.376 e. The third-order valence-corrected chi connectivity index (χ3v) is 4.63. The molecule has 2 N–H and O–H groups in total. The second-order valence-electron chi connectivity index (χ2n) is 4.70. The molecule has 2 rings (SSSR count). The Bertz CT molecular complexity index is 464. The number of benzene rings is 1. The number of rotatable bonds is 5. The summed E-state index contributed by atoms with van der Waals surface area (Å²) in [5.41, 5.74) is 0.696. The van der Waals surface area contributed by atoms with Crippen molar-refractivity contribution in [3.8, 4) is 0 Å². The van der Waals surface area contributed by atoms with E-state index in [0.717, 1.165) is 34.0 Å². The fourth-order valence-electron chi connectivity index (χ4n) is 2.12. The summed E-state index contributed by atoms with van der Waals surface area (Å²) in [4.78, 5) is 12.1. The van der Waals surface area contributed by atoms with E-state index in [0.29, 0.717) is 24.8 Å². The highest BCUT2D eigenvalue weighted by atomic mass is 127. The number of piperidine rings is 1. The molecular weight excluding hydrogens is 435 g/mol. The smallest absolute Gasteiger partial charge is 0.252 e. The Hall–Kier alpha value is -0.180. The molecule has 6 heteroatoms. The molecule has 0 bridgehead atoms. The number of nitrogens with one attached hydrogen (secondary N) is 2. The normalized spacial score (nSPS) is 16.1. The third-order valence-electron chi connectivity index (χ3n) is 3.20. The number of carbonyl (C=O) groups excluding carboxylic acids is 1. The first kappa shape index (κ1) is 16.2. The summed E-state index contributed by atoms with van der Waals surface area (Å²) in [5.74, 6) is -0.0513. The molecule has 1 amide bonds. The Morgan fingerprint density at radius 2 is 2.20 bits per heavy atom. The molecule has 4 nitrogen and oxygen atoms in total. The number of hydrogen-bond acceptors (Lipinski definition) is 3. The molecule has 0 radical (unpaired) electrons. The van der Waals surface area contributed by atoms with E-state index in [-0.39, 0.29) is 5.91 Å². The van der Waals surface area contributed by atoms with Crippen LogP contribution < -0.4 is 10.6 Å². The van der Waals surface area contributed by atoms with E-state index in [4.69, 9.17) is 4.74 Å². The van der Waals surface area contributed by atoms with Crippen LogP contribution in [0.25, 0.3) is 0 Å². The molecule has 1 aromatic rings. The van der Waals surface area contributed by atoms with Gasteiger partial charge in [-0.3, -0.25) is 4.79 Å². The first-order chi connectivity index (χ1) is 9.66. The topological polar surface area (TPSA) is 50.4 Å². The molecule has 0 aromatic heterocycles. The van der Waals surface area contributed by atoms with Crippen molar-refractivity contribution in [1.82, 2.24) is 10.6 Å². The van der Waals surface area contributed by atoms with Crippen LogP contribution in [0.3, 0.4) is 0 Å². The lowest BCUT2D eigenvalue weighted by Crippen LogP contribution is -2.35. The Kier molecular flexibility index (Phi) is 6.73. The molecule has 0 unspecified atom stereocenters. The van der Waals surface area contributed by atoms with Gasteiger partial charge in [0.2, 0.25) is 0 Å². The summed E-state index contributed by atoms with van der Waals surface area (Å²) >= 11 is 5.55. The summed E-state index contributed by atoms with van der Waals surface area (Å²) in [6.45, 7) is 3.16. The van der Waals surface area contributed by atoms with Gasteiger partial charge in [0.15, 0.2) is 0 Å². The van der Waals surface area contributed by atoms with E-state index >= 15 is 0 Å². The van der Waals surface area contributed by atoms with Crippen molar-refractivity contribution in [3.05, 3.63) is 31.8 Å². The second kappa shape index (κ2) is 8.31. The molecule has 0 aliphatic carbocycles. The maximum atomic E-state index is 12.1. The van der Waals surface area contributed by atoms with Gasteiger partial charge in [0.25, 0.3) is 5.91 Å². The van der Waals surface area contributed by atoms with E-state index in [9.17, 15) is 4.79 Å². The Morgan fingerprint density at radius 3 is 2.95 bits per heavy atom. The van der Waals surface area contributed by atoms with Crippen LogP contribution in [0.2, 0.25) is 0 Å². The van der Waals surface area contributed by atoms with E-state index < -0.39 is 0 Å². The van der Waals surface area contributed by atoms with Crippen LogP contribution in [0.5, 0.6) is 0 Å². The molecule has 1 aliphatic rings. The average molecular weight is 453 g/mol. The van der Waals surface area contributed by atoms with Gasteiger partial charge in [-0.25, -0.2) is 0 Å². The van der Waals surface area contributed by atoms with E-state index in [1.165, 1.54) is 0 Å². The molecule has 1 aromatic carbocycles. The highest BCUT2D eigenvalue weighted by Gasteiger charge is 2.13. The standard InChI is InChI=1S/C14H18BrIN2O2/c15-10-1-2-13(16)12(9-10)14(19)18-7-8-20-11-3-5-17-6-4-11/h1-2,9,11,17H,3-8H2,(H,18,19). The van der Waals surface area contributed by atoms with Gasteiger partial charge in [0.05, 0.1) is 18.3 Å². The van der Waals surface area contributed by atoms with Crippen molar-refractivity contribution in [1.29, 1.82) is 0 Å². The highest BCUT2D eigenvalue weighted by molar-refractivity contribution is 14.1. The lowest BCUT2D eigenvalue weighted by atomic mass is 10.1. The van der Waals surface area contributed by atoms with Crippen LogP contribution in [0.1, 0.15) is 23.2 Å². The molecule has 1 heterocycles. The van der Waals surface area contributed by atoms with Crippen LogP contribution in [0, 0.1) is 3.57 Å². The van der Waals surface area contributed by atoms with Gasteiger partial charge < -0.3 is 15.4 Å². The summed E-state index contributed by atoms with van der Waals surface area (Å²) in [6.07, 6.45) is 2.44. The van der Waals surface area contributed by atoms with Gasteiger partial charge in [-0.2, -0.15) is 0 Å². The lowest BCUT2D eigenvalue weighted by molar-refractivity contribution is 0.0343. The van der Waals surface area contributed by atoms with Gasteiger partial charge in [-0.15, -0.1) is 0 Å². The maximum absolute atomic E-state index is 12.1. The molecule has 20 heavy (non-hydrogen) atoms. The minimum Gasteiger partial charge on any atom is -0.376 e. The number of carbonyl (C=O) groups is 1. The van der Waals surface area contributed by atoms with Crippen molar-refractivity contribution in [2.45, 2.75) is 18.9 Å². The highest BCUT2D eigenvalue weighted by Crippen LogP contribution is 2.18. The van der Waals surface area contributed by atoms with E-state index in [1.807, 2.05) is 18.2 Å². The van der Waals surface area contributed by atoms with Crippen LogP contribution in [0.4, 0.5) is 0 Å². The SMILES string of the molecule is O=C(NCCOC1CCNCC1)c1cc(Br)ccc1I. The van der Waals surface area contributed by atoms with Crippen molar-refractivity contribution in [2.24, 2.45) is 0 Å². The number of hydrogen-bond donors (Lipinski definition) is 2. The summed E-state index contributed by atoms with van der Waals surface area (Å²) in [6, 6.07) is 5.69. The molecule has 0 saturated carbocycles. The van der Waals surface area contributed by atoms with Crippen molar-refractivity contribution in [2.75, 3.05) is 26.2 Å². The van der Waals surface area contributed by atoms with E-state index in [2.05, 4.69) is 49.2 Å². The molecule has 0 atom stereocenters. The quantitative estimate of drug-likeness (QED) is 0.533. The fraction of sp³-hybridized carbons (Fsp3) is 0.500. The van der Waals surface area contributed by atoms with E-state index in [1.54, 1.807) is 0 Å². The summed E-state index contributed by atoms with van der Waals surface area (Å²) < 4.78 is 7.62. The maximum Gasteiger partial charge on any atom is 0.252 e.